The van der Waals surface area contributed by atoms with Gasteiger partial charge >= 0.3 is 5.97 Å². The summed E-state index contributed by atoms with van der Waals surface area (Å²) in [6.45, 7) is 1.63. The molecular formula is C13H17NO4S. The first kappa shape index (κ1) is 13.9. The van der Waals surface area contributed by atoms with E-state index in [1.807, 2.05) is 4.90 Å². The molecule has 1 aromatic carbocycles. The van der Waals surface area contributed by atoms with Gasteiger partial charge in [-0.3, -0.25) is 0 Å². The molecule has 0 atom stereocenters. The summed E-state index contributed by atoms with van der Waals surface area (Å²) in [6, 6.07) is 4.57. The topological polar surface area (TPSA) is 63.7 Å². The molecule has 1 aliphatic heterocycles. The summed E-state index contributed by atoms with van der Waals surface area (Å²) in [5.74, 6) is -0.458. The van der Waals surface area contributed by atoms with Gasteiger partial charge in [0, 0.05) is 19.3 Å². The van der Waals surface area contributed by atoms with Gasteiger partial charge < -0.3 is 9.64 Å². The molecule has 1 aliphatic rings. The van der Waals surface area contributed by atoms with E-state index in [2.05, 4.69) is 4.74 Å². The Balaban J connectivity index is 2.53. The van der Waals surface area contributed by atoms with Crippen molar-refractivity contribution in [2.45, 2.75) is 17.7 Å². The van der Waals surface area contributed by atoms with Gasteiger partial charge in [0.2, 0.25) is 0 Å². The first-order valence-corrected chi connectivity index (χ1v) is 8.00. The van der Waals surface area contributed by atoms with Crippen LogP contribution in [-0.2, 0) is 14.6 Å². The Labute approximate surface area is 113 Å². The summed E-state index contributed by atoms with van der Waals surface area (Å²) < 4.78 is 28.3. The second-order valence-corrected chi connectivity index (χ2v) is 6.62. The van der Waals surface area contributed by atoms with E-state index < -0.39 is 15.8 Å². The molecule has 0 radical (unpaired) electrons. The standard InChI is InChI=1S/C13H17NO4S/c1-18-13(15)10-5-6-12(19(2,16)17)11(9-10)14-7-3-4-8-14/h5-6,9H,3-4,7-8H2,1-2H3. The summed E-state index contributed by atoms with van der Waals surface area (Å²) in [7, 11) is -2.01. The maximum absolute atomic E-state index is 11.8. The lowest BCUT2D eigenvalue weighted by Crippen LogP contribution is -2.21. The number of ether oxygens (including phenoxy) is 1. The van der Waals surface area contributed by atoms with E-state index in [4.69, 9.17) is 0 Å². The average molecular weight is 283 g/mol. The number of benzene rings is 1. The van der Waals surface area contributed by atoms with Gasteiger partial charge in [-0.1, -0.05) is 0 Å². The van der Waals surface area contributed by atoms with Crippen LogP contribution in [-0.4, -0.2) is 40.8 Å². The van der Waals surface area contributed by atoms with Crippen LogP contribution in [0, 0.1) is 0 Å². The lowest BCUT2D eigenvalue weighted by molar-refractivity contribution is 0.0600. The van der Waals surface area contributed by atoms with Gasteiger partial charge in [-0.25, -0.2) is 13.2 Å². The predicted molar refractivity (Wildman–Crippen MR) is 72.3 cm³/mol. The minimum Gasteiger partial charge on any atom is -0.465 e. The van der Waals surface area contributed by atoms with E-state index in [0.29, 0.717) is 11.3 Å². The molecule has 0 aliphatic carbocycles. The largest absolute Gasteiger partial charge is 0.465 e. The molecule has 5 nitrogen and oxygen atoms in total. The van der Waals surface area contributed by atoms with Crippen molar-refractivity contribution in [3.05, 3.63) is 23.8 Å². The number of sulfone groups is 1. The molecule has 2 rings (SSSR count). The molecule has 0 amide bonds. The normalized spacial score (nSPS) is 15.6. The van der Waals surface area contributed by atoms with Gasteiger partial charge in [0.15, 0.2) is 9.84 Å². The first-order valence-electron chi connectivity index (χ1n) is 6.11. The quantitative estimate of drug-likeness (QED) is 0.786. The van der Waals surface area contributed by atoms with Crippen LogP contribution < -0.4 is 4.90 Å². The fourth-order valence-corrected chi connectivity index (χ4v) is 3.16. The highest BCUT2D eigenvalue weighted by atomic mass is 32.2. The smallest absolute Gasteiger partial charge is 0.337 e. The van der Waals surface area contributed by atoms with Crippen molar-refractivity contribution < 1.29 is 17.9 Å². The summed E-state index contributed by atoms with van der Waals surface area (Å²) in [4.78, 5) is 13.8. The molecule has 1 heterocycles. The summed E-state index contributed by atoms with van der Waals surface area (Å²) in [6.07, 6.45) is 3.25. The van der Waals surface area contributed by atoms with Crippen LogP contribution in [0.1, 0.15) is 23.2 Å². The van der Waals surface area contributed by atoms with Crippen LogP contribution in [0.15, 0.2) is 23.1 Å². The summed E-state index contributed by atoms with van der Waals surface area (Å²) in [5, 5.41) is 0. The minimum absolute atomic E-state index is 0.266. The summed E-state index contributed by atoms with van der Waals surface area (Å²) in [5.41, 5.74) is 0.972. The van der Waals surface area contributed by atoms with Crippen molar-refractivity contribution in [3.8, 4) is 0 Å². The highest BCUT2D eigenvalue weighted by molar-refractivity contribution is 7.90. The number of carbonyl (C=O) groups excluding carboxylic acids is 1. The third kappa shape index (κ3) is 2.89. The molecule has 6 heteroatoms. The van der Waals surface area contributed by atoms with E-state index in [-0.39, 0.29) is 4.90 Å². The van der Waals surface area contributed by atoms with Gasteiger partial charge in [-0.05, 0) is 31.0 Å². The number of anilines is 1. The predicted octanol–water partition coefficient (Wildman–Crippen LogP) is 1.48. The number of rotatable bonds is 3. The molecule has 19 heavy (non-hydrogen) atoms. The molecule has 104 valence electrons. The second kappa shape index (κ2) is 5.21. The maximum Gasteiger partial charge on any atom is 0.337 e. The highest BCUT2D eigenvalue weighted by Gasteiger charge is 2.22. The number of hydrogen-bond donors (Lipinski definition) is 0. The molecule has 0 saturated carbocycles. The van der Waals surface area contributed by atoms with Crippen molar-refractivity contribution in [3.63, 3.8) is 0 Å². The third-order valence-corrected chi connectivity index (χ3v) is 4.37. The van der Waals surface area contributed by atoms with E-state index in [9.17, 15) is 13.2 Å². The van der Waals surface area contributed by atoms with E-state index in [0.717, 1.165) is 25.9 Å². The first-order chi connectivity index (χ1) is 8.93. The van der Waals surface area contributed by atoms with Crippen LogP contribution in [0.3, 0.4) is 0 Å². The molecule has 0 aromatic heterocycles. The van der Waals surface area contributed by atoms with Gasteiger partial charge in [0.05, 0.1) is 23.3 Å². The Morgan fingerprint density at radius 3 is 2.42 bits per heavy atom. The van der Waals surface area contributed by atoms with Crippen LogP contribution >= 0.6 is 0 Å². The molecular weight excluding hydrogens is 266 g/mol. The van der Waals surface area contributed by atoms with Gasteiger partial charge in [-0.15, -0.1) is 0 Å². The summed E-state index contributed by atoms with van der Waals surface area (Å²) >= 11 is 0. The van der Waals surface area contributed by atoms with Crippen LogP contribution in [0.4, 0.5) is 5.69 Å². The van der Waals surface area contributed by atoms with Crippen molar-refractivity contribution in [2.24, 2.45) is 0 Å². The maximum atomic E-state index is 11.8. The van der Waals surface area contributed by atoms with Crippen LogP contribution in [0.5, 0.6) is 0 Å². The van der Waals surface area contributed by atoms with E-state index >= 15 is 0 Å². The Morgan fingerprint density at radius 2 is 1.89 bits per heavy atom. The van der Waals surface area contributed by atoms with Crippen molar-refractivity contribution >= 4 is 21.5 Å². The second-order valence-electron chi connectivity index (χ2n) is 4.64. The molecule has 0 spiro atoms. The molecule has 1 saturated heterocycles. The minimum atomic E-state index is -3.31. The highest BCUT2D eigenvalue weighted by Crippen LogP contribution is 2.29. The van der Waals surface area contributed by atoms with Gasteiger partial charge in [0.25, 0.3) is 0 Å². The third-order valence-electron chi connectivity index (χ3n) is 3.23. The van der Waals surface area contributed by atoms with Crippen molar-refractivity contribution in [1.82, 2.24) is 0 Å². The lowest BCUT2D eigenvalue weighted by Gasteiger charge is -2.21. The zero-order chi connectivity index (χ0) is 14.0. The lowest BCUT2D eigenvalue weighted by atomic mass is 10.2. The average Bonchev–Trinajstić information content (AvgIpc) is 2.89. The molecule has 0 N–H and O–H groups in total. The zero-order valence-electron chi connectivity index (χ0n) is 11.0. The fourth-order valence-electron chi connectivity index (χ4n) is 2.28. The number of carbonyl (C=O) groups is 1. The van der Waals surface area contributed by atoms with E-state index in [1.165, 1.54) is 25.5 Å². The van der Waals surface area contributed by atoms with Crippen molar-refractivity contribution in [1.29, 1.82) is 0 Å². The Hall–Kier alpha value is -1.56. The number of esters is 1. The molecule has 0 bridgehead atoms. The number of methoxy groups -OCH3 is 1. The Kier molecular flexibility index (Phi) is 3.80. The van der Waals surface area contributed by atoms with E-state index in [1.54, 1.807) is 6.07 Å². The fraction of sp³-hybridized carbons (Fsp3) is 0.462. The molecule has 1 fully saturated rings. The Bertz CT molecular complexity index is 589. The monoisotopic (exact) mass is 283 g/mol. The molecule has 0 unspecified atom stereocenters. The van der Waals surface area contributed by atoms with Gasteiger partial charge in [-0.2, -0.15) is 0 Å². The number of nitrogens with zero attached hydrogens (tertiary/aromatic N) is 1. The SMILES string of the molecule is COC(=O)c1ccc(S(C)(=O)=O)c(N2CCCC2)c1. The Morgan fingerprint density at radius 1 is 1.26 bits per heavy atom. The number of hydrogen-bond acceptors (Lipinski definition) is 5. The van der Waals surface area contributed by atoms with Crippen LogP contribution in [0.25, 0.3) is 0 Å². The van der Waals surface area contributed by atoms with Crippen molar-refractivity contribution in [2.75, 3.05) is 31.4 Å². The van der Waals surface area contributed by atoms with Crippen LogP contribution in [0.2, 0.25) is 0 Å². The zero-order valence-corrected chi connectivity index (χ0v) is 11.9. The molecule has 1 aromatic rings. The van der Waals surface area contributed by atoms with Gasteiger partial charge in [0.1, 0.15) is 0 Å².